The van der Waals surface area contributed by atoms with Gasteiger partial charge in [0.05, 0.1) is 22.8 Å². The average molecular weight is 648 g/mol. The Bertz CT molecular complexity index is 2560. The molecule has 0 spiro atoms. The molecule has 0 aliphatic carbocycles. The number of nitrogens with one attached hydrogen (secondary N) is 2. The molecule has 7 aromatic rings. The summed E-state index contributed by atoms with van der Waals surface area (Å²) >= 11 is 0. The molecule has 0 atom stereocenters. The third kappa shape index (κ3) is 5.20. The fraction of sp³-hybridized carbons (Fsp3) is 0.0476. The molecule has 8 heteroatoms. The minimum atomic E-state index is 0.852. The molecule has 2 N–H and O–H groups in total. The van der Waals surface area contributed by atoms with Crippen molar-refractivity contribution in [2.45, 2.75) is 13.5 Å². The highest BCUT2D eigenvalue weighted by atomic mass is 14.9. The van der Waals surface area contributed by atoms with E-state index in [1.165, 1.54) is 0 Å². The Morgan fingerprint density at radius 3 is 1.02 bits per heavy atom. The largest absolute Gasteiger partial charge is 0.354 e. The highest BCUT2D eigenvalue weighted by molar-refractivity contribution is 5.99. The van der Waals surface area contributed by atoms with Crippen molar-refractivity contribution in [1.82, 2.24) is 34.9 Å². The van der Waals surface area contributed by atoms with E-state index >= 15 is 0 Å². The van der Waals surface area contributed by atoms with E-state index in [-0.39, 0.29) is 0 Å². The van der Waals surface area contributed by atoms with Crippen molar-refractivity contribution in [3.05, 3.63) is 145 Å². The van der Waals surface area contributed by atoms with Gasteiger partial charge in [-0.3, -0.25) is 15.0 Å². The molecule has 0 saturated heterocycles. The maximum absolute atomic E-state index is 5.35. The molecule has 7 aromatic heterocycles. The Kier molecular flexibility index (Phi) is 7.24. The van der Waals surface area contributed by atoms with Crippen LogP contribution in [0.2, 0.25) is 0 Å². The molecule has 8 nitrogen and oxygen atoms in total. The number of aromatic amines is 2. The molecule has 8 bridgehead atoms. The van der Waals surface area contributed by atoms with Crippen LogP contribution in [0.5, 0.6) is 0 Å². The van der Waals surface area contributed by atoms with Crippen LogP contribution in [0.1, 0.15) is 29.7 Å². The number of hydrogen-bond donors (Lipinski definition) is 2. The zero-order chi connectivity index (χ0) is 33.4. The molecule has 2 aliphatic heterocycles. The smallest absolute Gasteiger partial charge is 0.169 e. The van der Waals surface area contributed by atoms with Gasteiger partial charge in [-0.2, -0.15) is 0 Å². The zero-order valence-electron chi connectivity index (χ0n) is 27.2. The molecule has 0 fully saturated rings. The second-order valence-electron chi connectivity index (χ2n) is 12.1. The maximum Gasteiger partial charge on any atom is 0.169 e. The van der Waals surface area contributed by atoms with Crippen molar-refractivity contribution >= 4 is 46.4 Å². The molecular formula is C42H31N8+. The quantitative estimate of drug-likeness (QED) is 0.182. The minimum Gasteiger partial charge on any atom is -0.354 e. The van der Waals surface area contributed by atoms with Crippen molar-refractivity contribution in [3.8, 4) is 44.5 Å². The Labute approximate surface area is 288 Å². The van der Waals surface area contributed by atoms with Crippen molar-refractivity contribution in [2.24, 2.45) is 0 Å². The summed E-state index contributed by atoms with van der Waals surface area (Å²) in [6, 6.07) is 25.0. The Hall–Kier alpha value is -6.80. The molecule has 9 rings (SSSR count). The number of rotatable bonds is 5. The highest BCUT2D eigenvalue weighted by Crippen LogP contribution is 2.37. The summed E-state index contributed by atoms with van der Waals surface area (Å²) in [6.45, 7) is 3.03. The number of hydrogen-bond acceptors (Lipinski definition) is 5. The molecule has 0 aromatic carbocycles. The third-order valence-corrected chi connectivity index (χ3v) is 9.21. The molecule has 0 unspecified atom stereocenters. The monoisotopic (exact) mass is 647 g/mol. The minimum absolute atomic E-state index is 0.852. The lowest BCUT2D eigenvalue weighted by molar-refractivity contribution is -0.693. The van der Waals surface area contributed by atoms with Crippen LogP contribution < -0.4 is 4.57 Å². The van der Waals surface area contributed by atoms with Gasteiger partial charge in [-0.1, -0.05) is 0 Å². The van der Waals surface area contributed by atoms with E-state index in [4.69, 9.17) is 9.97 Å². The number of H-pyrrole nitrogens is 2. The van der Waals surface area contributed by atoms with Gasteiger partial charge in [0, 0.05) is 93.6 Å². The number of aromatic nitrogens is 8. The summed E-state index contributed by atoms with van der Waals surface area (Å²) in [5.41, 5.74) is 15.3. The fourth-order valence-corrected chi connectivity index (χ4v) is 6.81. The molecule has 0 amide bonds. The molecule has 50 heavy (non-hydrogen) atoms. The van der Waals surface area contributed by atoms with E-state index in [2.05, 4.69) is 110 Å². The molecule has 9 heterocycles. The number of pyridine rings is 4. The van der Waals surface area contributed by atoms with Crippen LogP contribution in [0.25, 0.3) is 90.9 Å². The Morgan fingerprint density at radius 2 is 0.720 bits per heavy atom. The van der Waals surface area contributed by atoms with Gasteiger partial charge in [-0.15, -0.1) is 0 Å². The van der Waals surface area contributed by atoms with E-state index in [1.807, 2.05) is 73.6 Å². The number of aryl methyl sites for hydroxylation is 1. The van der Waals surface area contributed by atoms with Gasteiger partial charge >= 0.3 is 0 Å². The van der Waals surface area contributed by atoms with Gasteiger partial charge in [0.15, 0.2) is 12.4 Å². The second kappa shape index (κ2) is 12.3. The van der Waals surface area contributed by atoms with Crippen LogP contribution in [0.15, 0.2) is 122 Å². The van der Waals surface area contributed by atoms with Crippen molar-refractivity contribution in [2.75, 3.05) is 0 Å². The standard InChI is InChI=1S/C42H30N8/c1-2-50-25-17-30(18-26-50)42-37-9-7-35(48-37)40(28-13-21-44-22-14-28)33-5-3-31(46-33)39(27-11-19-43-20-12-27)32-4-6-34(47-32)41(29-15-23-45-24-16-29)36-8-10-38(42)49-36/h3-26H,2H2,1H3,(H,46,47,48,49)/p+1. The topological polar surface area (TPSA) is 99.9 Å². The van der Waals surface area contributed by atoms with Crippen LogP contribution >= 0.6 is 0 Å². The van der Waals surface area contributed by atoms with Crippen molar-refractivity contribution in [3.63, 3.8) is 0 Å². The maximum atomic E-state index is 5.35. The lowest BCUT2D eigenvalue weighted by Crippen LogP contribution is -2.30. The van der Waals surface area contributed by atoms with E-state index < -0.39 is 0 Å². The molecule has 238 valence electrons. The SMILES string of the molecule is CC[n+]1ccc(-c2c3nc(c(-c4ccncc4)c4ccc([nH]4)c(-c4ccncc4)c4nc(c(-c5ccncc5)c5ccc2[nH]5)C=C4)C=C3)cc1. The molecular weight excluding hydrogens is 617 g/mol. The van der Waals surface area contributed by atoms with E-state index in [0.29, 0.717) is 0 Å². The first-order valence-electron chi connectivity index (χ1n) is 16.6. The summed E-state index contributed by atoms with van der Waals surface area (Å²) in [5.74, 6) is 0. The first kappa shape index (κ1) is 29.3. The summed E-state index contributed by atoms with van der Waals surface area (Å²) in [5, 5.41) is 0. The zero-order valence-corrected chi connectivity index (χ0v) is 27.2. The van der Waals surface area contributed by atoms with Crippen molar-refractivity contribution in [1.29, 1.82) is 0 Å². The van der Waals surface area contributed by atoms with Gasteiger partial charge in [-0.05, 0) is 114 Å². The summed E-state index contributed by atoms with van der Waals surface area (Å²) in [7, 11) is 0. The van der Waals surface area contributed by atoms with Gasteiger partial charge in [0.25, 0.3) is 0 Å². The molecule has 0 radical (unpaired) electrons. The first-order chi connectivity index (χ1) is 24.7. The van der Waals surface area contributed by atoms with Gasteiger partial charge in [0.2, 0.25) is 0 Å². The predicted molar refractivity (Wildman–Crippen MR) is 200 cm³/mol. The first-order valence-corrected chi connectivity index (χ1v) is 16.6. The van der Waals surface area contributed by atoms with E-state index in [1.54, 1.807) is 0 Å². The van der Waals surface area contributed by atoms with Gasteiger partial charge in [0.1, 0.15) is 6.54 Å². The van der Waals surface area contributed by atoms with Crippen LogP contribution in [-0.4, -0.2) is 34.9 Å². The number of nitrogens with zero attached hydrogens (tertiary/aromatic N) is 6. The average Bonchev–Trinajstić information content (AvgIpc) is 4.01. The fourth-order valence-electron chi connectivity index (χ4n) is 6.81. The van der Waals surface area contributed by atoms with Crippen LogP contribution in [0.4, 0.5) is 0 Å². The number of fused-ring (bicyclic) bond motifs is 8. The highest BCUT2D eigenvalue weighted by Gasteiger charge is 2.19. The summed E-state index contributed by atoms with van der Waals surface area (Å²) < 4.78 is 2.16. The molecule has 0 saturated carbocycles. The molecule has 2 aliphatic rings. The third-order valence-electron chi connectivity index (χ3n) is 9.21. The lowest BCUT2D eigenvalue weighted by Gasteiger charge is -2.06. The second-order valence-corrected chi connectivity index (χ2v) is 12.1. The van der Waals surface area contributed by atoms with E-state index in [0.717, 1.165) is 95.9 Å². The predicted octanol–water partition coefficient (Wildman–Crippen LogP) is 8.82. The Morgan fingerprint density at radius 1 is 0.420 bits per heavy atom. The van der Waals surface area contributed by atoms with Gasteiger partial charge in [-0.25, -0.2) is 14.5 Å². The Balaban J connectivity index is 1.47. The van der Waals surface area contributed by atoms with Crippen LogP contribution in [0, 0.1) is 0 Å². The lowest BCUT2D eigenvalue weighted by atomic mass is 10.0. The summed E-state index contributed by atoms with van der Waals surface area (Å²) in [4.78, 5) is 31.1. The normalized spacial score (nSPS) is 12.0. The van der Waals surface area contributed by atoms with E-state index in [9.17, 15) is 0 Å². The van der Waals surface area contributed by atoms with Crippen LogP contribution in [-0.2, 0) is 6.54 Å². The van der Waals surface area contributed by atoms with Gasteiger partial charge < -0.3 is 9.97 Å². The summed E-state index contributed by atoms with van der Waals surface area (Å²) in [6.07, 6.45) is 23.6. The van der Waals surface area contributed by atoms with Crippen molar-refractivity contribution < 1.29 is 4.57 Å². The van der Waals surface area contributed by atoms with Crippen LogP contribution in [0.3, 0.4) is 0 Å².